The second kappa shape index (κ2) is 6.37. The molecule has 7 nitrogen and oxygen atoms in total. The fourth-order valence-electron chi connectivity index (χ4n) is 2.84. The number of fused-ring (bicyclic) bond motifs is 1. The van der Waals surface area contributed by atoms with Gasteiger partial charge in [-0.2, -0.15) is 4.98 Å². The lowest BCUT2D eigenvalue weighted by atomic mass is 10.1. The van der Waals surface area contributed by atoms with Gasteiger partial charge in [0.1, 0.15) is 5.82 Å². The van der Waals surface area contributed by atoms with E-state index in [9.17, 15) is 4.79 Å². The zero-order valence-electron chi connectivity index (χ0n) is 13.5. The van der Waals surface area contributed by atoms with E-state index in [1.54, 1.807) is 14.2 Å². The highest BCUT2D eigenvalue weighted by Crippen LogP contribution is 2.23. The SMILES string of the molecule is COc1ccc(CN2CCc3nc(C)[nH]c(=O)c3C2)c(OC)n1. The molecule has 0 saturated heterocycles. The summed E-state index contributed by atoms with van der Waals surface area (Å²) < 4.78 is 10.5. The number of pyridine rings is 1. The molecule has 1 N–H and O–H groups in total. The summed E-state index contributed by atoms with van der Waals surface area (Å²) in [5.74, 6) is 1.74. The van der Waals surface area contributed by atoms with Crippen LogP contribution in [-0.2, 0) is 19.5 Å². The lowest BCUT2D eigenvalue weighted by molar-refractivity contribution is 0.236. The molecule has 0 fully saturated rings. The van der Waals surface area contributed by atoms with Gasteiger partial charge in [-0.05, 0) is 13.0 Å². The highest BCUT2D eigenvalue weighted by Gasteiger charge is 2.22. The summed E-state index contributed by atoms with van der Waals surface area (Å²) in [5.41, 5.74) is 2.58. The lowest BCUT2D eigenvalue weighted by Gasteiger charge is -2.27. The van der Waals surface area contributed by atoms with E-state index in [-0.39, 0.29) is 5.56 Å². The zero-order valence-corrected chi connectivity index (χ0v) is 13.5. The molecular weight excluding hydrogens is 296 g/mol. The van der Waals surface area contributed by atoms with Crippen molar-refractivity contribution in [2.45, 2.75) is 26.4 Å². The highest BCUT2D eigenvalue weighted by molar-refractivity contribution is 5.31. The van der Waals surface area contributed by atoms with Gasteiger partial charge in [-0.1, -0.05) is 0 Å². The van der Waals surface area contributed by atoms with E-state index in [4.69, 9.17) is 9.47 Å². The Morgan fingerprint density at radius 1 is 1.26 bits per heavy atom. The van der Waals surface area contributed by atoms with Crippen LogP contribution in [0.25, 0.3) is 0 Å². The maximum Gasteiger partial charge on any atom is 0.255 e. The fourth-order valence-corrected chi connectivity index (χ4v) is 2.84. The molecule has 3 rings (SSSR count). The Labute approximate surface area is 134 Å². The van der Waals surface area contributed by atoms with Crippen LogP contribution in [0.2, 0.25) is 0 Å². The highest BCUT2D eigenvalue weighted by atomic mass is 16.5. The summed E-state index contributed by atoms with van der Waals surface area (Å²) in [6.07, 6.45) is 0.770. The Bertz CT molecular complexity index is 772. The topological polar surface area (TPSA) is 80.3 Å². The molecule has 1 aliphatic heterocycles. The number of aromatic amines is 1. The van der Waals surface area contributed by atoms with E-state index < -0.39 is 0 Å². The Kier molecular flexibility index (Phi) is 4.29. The first-order chi connectivity index (χ1) is 11.1. The van der Waals surface area contributed by atoms with E-state index in [0.29, 0.717) is 30.7 Å². The van der Waals surface area contributed by atoms with E-state index in [2.05, 4.69) is 19.9 Å². The fraction of sp³-hybridized carbons (Fsp3) is 0.438. The predicted molar refractivity (Wildman–Crippen MR) is 84.8 cm³/mol. The molecule has 0 saturated carbocycles. The van der Waals surface area contributed by atoms with Crippen molar-refractivity contribution < 1.29 is 9.47 Å². The second-order valence-electron chi connectivity index (χ2n) is 5.56. The average molecular weight is 316 g/mol. The first-order valence-electron chi connectivity index (χ1n) is 7.49. The average Bonchev–Trinajstić information content (AvgIpc) is 2.55. The number of ether oxygens (including phenoxy) is 2. The molecule has 3 heterocycles. The first-order valence-corrected chi connectivity index (χ1v) is 7.49. The van der Waals surface area contributed by atoms with E-state index in [0.717, 1.165) is 29.8 Å². The lowest BCUT2D eigenvalue weighted by Crippen LogP contribution is -2.35. The third-order valence-corrected chi connectivity index (χ3v) is 3.98. The first kappa shape index (κ1) is 15.5. The molecule has 122 valence electrons. The van der Waals surface area contributed by atoms with Crippen LogP contribution in [-0.4, -0.2) is 40.6 Å². The van der Waals surface area contributed by atoms with Crippen LogP contribution in [0, 0.1) is 6.92 Å². The van der Waals surface area contributed by atoms with Crippen molar-refractivity contribution in [3.63, 3.8) is 0 Å². The van der Waals surface area contributed by atoms with Gasteiger partial charge in [0.2, 0.25) is 11.8 Å². The predicted octanol–water partition coefficient (Wildman–Crippen LogP) is 1.05. The molecule has 0 spiro atoms. The van der Waals surface area contributed by atoms with Gasteiger partial charge in [0.05, 0.1) is 25.5 Å². The van der Waals surface area contributed by atoms with Crippen LogP contribution in [0.4, 0.5) is 0 Å². The number of nitrogens with one attached hydrogen (secondary N) is 1. The Morgan fingerprint density at radius 2 is 2.09 bits per heavy atom. The standard InChI is InChI=1S/C16H20N4O3/c1-10-17-13-6-7-20(9-12(13)15(21)18-10)8-11-4-5-14(22-2)19-16(11)23-3/h4-5H,6-9H2,1-3H3,(H,17,18,21). The summed E-state index contributed by atoms with van der Waals surface area (Å²) in [4.78, 5) is 25.8. The largest absolute Gasteiger partial charge is 0.481 e. The number of aromatic nitrogens is 3. The number of aryl methyl sites for hydroxylation is 1. The minimum atomic E-state index is -0.0444. The van der Waals surface area contributed by atoms with Crippen molar-refractivity contribution in [3.05, 3.63) is 45.1 Å². The van der Waals surface area contributed by atoms with Gasteiger partial charge in [0.15, 0.2) is 0 Å². The number of H-pyrrole nitrogens is 1. The molecule has 0 aromatic carbocycles. The Balaban J connectivity index is 1.81. The molecule has 0 atom stereocenters. The van der Waals surface area contributed by atoms with Gasteiger partial charge in [-0.25, -0.2) is 4.98 Å². The molecular formula is C16H20N4O3. The molecule has 0 radical (unpaired) electrons. The van der Waals surface area contributed by atoms with Crippen molar-refractivity contribution in [3.8, 4) is 11.8 Å². The number of hydrogen-bond donors (Lipinski definition) is 1. The number of hydrogen-bond acceptors (Lipinski definition) is 6. The quantitative estimate of drug-likeness (QED) is 0.908. The number of methoxy groups -OCH3 is 2. The molecule has 23 heavy (non-hydrogen) atoms. The minimum Gasteiger partial charge on any atom is -0.481 e. The molecule has 1 aliphatic rings. The third-order valence-electron chi connectivity index (χ3n) is 3.98. The summed E-state index contributed by atoms with van der Waals surface area (Å²) >= 11 is 0. The summed E-state index contributed by atoms with van der Waals surface area (Å²) in [7, 11) is 3.17. The zero-order chi connectivity index (χ0) is 16.4. The van der Waals surface area contributed by atoms with Gasteiger partial charge in [-0.3, -0.25) is 9.69 Å². The van der Waals surface area contributed by atoms with Crippen molar-refractivity contribution in [1.29, 1.82) is 0 Å². The smallest absolute Gasteiger partial charge is 0.255 e. The molecule has 0 unspecified atom stereocenters. The van der Waals surface area contributed by atoms with Gasteiger partial charge < -0.3 is 14.5 Å². The Morgan fingerprint density at radius 3 is 2.83 bits per heavy atom. The summed E-state index contributed by atoms with van der Waals surface area (Å²) in [5, 5.41) is 0. The number of rotatable bonds is 4. The maximum atomic E-state index is 12.1. The normalized spacial score (nSPS) is 14.4. The van der Waals surface area contributed by atoms with Crippen LogP contribution >= 0.6 is 0 Å². The molecule has 2 aromatic rings. The molecule has 7 heteroatoms. The number of nitrogens with zero attached hydrogens (tertiary/aromatic N) is 3. The van der Waals surface area contributed by atoms with Gasteiger partial charge in [0, 0.05) is 37.7 Å². The summed E-state index contributed by atoms with van der Waals surface area (Å²) in [6.45, 7) is 3.89. The minimum absolute atomic E-state index is 0.0444. The monoisotopic (exact) mass is 316 g/mol. The van der Waals surface area contributed by atoms with Crippen LogP contribution < -0.4 is 15.0 Å². The van der Waals surface area contributed by atoms with Gasteiger partial charge >= 0.3 is 0 Å². The van der Waals surface area contributed by atoms with Crippen LogP contribution in [0.5, 0.6) is 11.8 Å². The third kappa shape index (κ3) is 3.19. The van der Waals surface area contributed by atoms with Gasteiger partial charge in [-0.15, -0.1) is 0 Å². The summed E-state index contributed by atoms with van der Waals surface area (Å²) in [6, 6.07) is 3.76. The van der Waals surface area contributed by atoms with Crippen LogP contribution in [0.3, 0.4) is 0 Å². The van der Waals surface area contributed by atoms with Crippen molar-refractivity contribution in [1.82, 2.24) is 19.9 Å². The molecule has 2 aromatic heterocycles. The van der Waals surface area contributed by atoms with Crippen molar-refractivity contribution in [2.24, 2.45) is 0 Å². The van der Waals surface area contributed by atoms with Gasteiger partial charge in [0.25, 0.3) is 5.56 Å². The Hall–Kier alpha value is -2.41. The molecule has 0 bridgehead atoms. The van der Waals surface area contributed by atoms with Crippen molar-refractivity contribution >= 4 is 0 Å². The van der Waals surface area contributed by atoms with E-state index in [1.165, 1.54) is 0 Å². The van der Waals surface area contributed by atoms with E-state index in [1.807, 2.05) is 19.1 Å². The van der Waals surface area contributed by atoms with Crippen LogP contribution in [0.1, 0.15) is 22.6 Å². The van der Waals surface area contributed by atoms with E-state index >= 15 is 0 Å². The maximum absolute atomic E-state index is 12.1. The van der Waals surface area contributed by atoms with Crippen LogP contribution in [0.15, 0.2) is 16.9 Å². The molecule has 0 aliphatic carbocycles. The molecule has 0 amide bonds. The van der Waals surface area contributed by atoms with Crippen molar-refractivity contribution in [2.75, 3.05) is 20.8 Å². The second-order valence-corrected chi connectivity index (χ2v) is 5.56.